The lowest BCUT2D eigenvalue weighted by atomic mass is 10.2. The molecule has 0 saturated carbocycles. The summed E-state index contributed by atoms with van der Waals surface area (Å²) in [7, 11) is -2.23. The molecule has 0 atom stereocenters. The molecule has 1 N–H and O–H groups in total. The van der Waals surface area contributed by atoms with Gasteiger partial charge in [0.15, 0.2) is 5.84 Å². The van der Waals surface area contributed by atoms with Crippen molar-refractivity contribution >= 4 is 33.1 Å². The Kier molecular flexibility index (Phi) is 5.48. The summed E-state index contributed by atoms with van der Waals surface area (Å²) < 4.78 is 29.7. The standard InChI is InChI=1S/C20H17ClN2O3S/c1-23(17-9-11-18(24)12-10-17)20(15-5-3-2-4-6-15)22-27(25,26)19-13-7-16(21)8-14-19/h2-14,24H,1H3/b22-20-. The molecule has 0 aromatic heterocycles. The second-order valence-corrected chi connectivity index (χ2v) is 7.83. The number of phenols is 1. The Bertz CT molecular complexity index is 1050. The first-order valence-corrected chi connectivity index (χ1v) is 9.87. The van der Waals surface area contributed by atoms with Crippen LogP contribution in [0.15, 0.2) is 88.2 Å². The maximum absolute atomic E-state index is 12.8. The molecule has 0 fully saturated rings. The fraction of sp³-hybridized carbons (Fsp3) is 0.0500. The summed E-state index contributed by atoms with van der Waals surface area (Å²) in [5.41, 5.74) is 1.33. The van der Waals surface area contributed by atoms with Crippen LogP contribution in [0.3, 0.4) is 0 Å². The lowest BCUT2D eigenvalue weighted by Gasteiger charge is -2.21. The lowest BCUT2D eigenvalue weighted by Crippen LogP contribution is -2.28. The van der Waals surface area contributed by atoms with Crippen LogP contribution in [-0.2, 0) is 10.0 Å². The van der Waals surface area contributed by atoms with Crippen LogP contribution in [0.4, 0.5) is 5.69 Å². The first-order valence-electron chi connectivity index (χ1n) is 8.05. The minimum absolute atomic E-state index is 0.0550. The van der Waals surface area contributed by atoms with Crippen molar-refractivity contribution in [2.45, 2.75) is 4.90 Å². The molecular formula is C20H17ClN2O3S. The van der Waals surface area contributed by atoms with E-state index in [1.807, 2.05) is 18.2 Å². The third kappa shape index (κ3) is 4.48. The van der Waals surface area contributed by atoms with E-state index in [9.17, 15) is 13.5 Å². The predicted octanol–water partition coefficient (Wildman–Crippen LogP) is 4.32. The third-order valence-corrected chi connectivity index (χ3v) is 5.44. The summed E-state index contributed by atoms with van der Waals surface area (Å²) in [6.45, 7) is 0. The summed E-state index contributed by atoms with van der Waals surface area (Å²) in [5.74, 6) is 0.385. The molecule has 0 amide bonds. The van der Waals surface area contributed by atoms with E-state index >= 15 is 0 Å². The van der Waals surface area contributed by atoms with Crippen molar-refractivity contribution in [1.29, 1.82) is 0 Å². The van der Waals surface area contributed by atoms with Gasteiger partial charge in [-0.1, -0.05) is 41.9 Å². The number of phenolic OH excluding ortho intramolecular Hbond substituents is 1. The molecule has 0 spiro atoms. The molecule has 0 aliphatic heterocycles. The molecule has 3 aromatic rings. The van der Waals surface area contributed by atoms with Gasteiger partial charge < -0.3 is 10.0 Å². The Hall–Kier alpha value is -2.83. The summed E-state index contributed by atoms with van der Waals surface area (Å²) in [6, 6.07) is 21.3. The average Bonchev–Trinajstić information content (AvgIpc) is 2.67. The highest BCUT2D eigenvalue weighted by molar-refractivity contribution is 7.90. The number of benzene rings is 3. The van der Waals surface area contributed by atoms with Gasteiger partial charge in [-0.2, -0.15) is 8.42 Å². The average molecular weight is 401 g/mol. The summed E-state index contributed by atoms with van der Waals surface area (Å²) >= 11 is 5.85. The van der Waals surface area contributed by atoms with Gasteiger partial charge >= 0.3 is 0 Å². The number of hydrogen-bond donors (Lipinski definition) is 1. The molecule has 0 aliphatic rings. The highest BCUT2D eigenvalue weighted by atomic mass is 35.5. The van der Waals surface area contributed by atoms with E-state index in [1.54, 1.807) is 36.2 Å². The largest absolute Gasteiger partial charge is 0.508 e. The molecule has 138 valence electrons. The second-order valence-electron chi connectivity index (χ2n) is 5.79. The van der Waals surface area contributed by atoms with Crippen molar-refractivity contribution in [3.05, 3.63) is 89.4 Å². The first-order chi connectivity index (χ1) is 12.9. The number of aromatic hydroxyl groups is 1. The number of amidine groups is 1. The van der Waals surface area contributed by atoms with Crippen LogP contribution in [0.1, 0.15) is 5.56 Å². The van der Waals surface area contributed by atoms with Crippen molar-refractivity contribution in [2.75, 3.05) is 11.9 Å². The number of rotatable bonds is 4. The molecule has 0 radical (unpaired) electrons. The summed E-state index contributed by atoms with van der Waals surface area (Å²) in [6.07, 6.45) is 0. The third-order valence-electron chi connectivity index (χ3n) is 3.90. The smallest absolute Gasteiger partial charge is 0.284 e. The van der Waals surface area contributed by atoms with E-state index in [2.05, 4.69) is 4.40 Å². The lowest BCUT2D eigenvalue weighted by molar-refractivity contribution is 0.475. The quantitative estimate of drug-likeness (QED) is 0.523. The predicted molar refractivity (Wildman–Crippen MR) is 108 cm³/mol. The van der Waals surface area contributed by atoms with Crippen LogP contribution in [0.5, 0.6) is 5.75 Å². The zero-order valence-corrected chi connectivity index (χ0v) is 16.0. The minimum atomic E-state index is -3.95. The molecule has 0 saturated heterocycles. The van der Waals surface area contributed by atoms with Gasteiger partial charge in [0, 0.05) is 23.3 Å². The molecule has 3 aromatic carbocycles. The normalized spacial score (nSPS) is 12.0. The van der Waals surface area contributed by atoms with Crippen molar-refractivity contribution in [3.63, 3.8) is 0 Å². The Morgan fingerprint density at radius 2 is 1.52 bits per heavy atom. The molecule has 27 heavy (non-hydrogen) atoms. The molecule has 7 heteroatoms. The van der Waals surface area contributed by atoms with Crippen LogP contribution >= 0.6 is 11.6 Å². The highest BCUT2D eigenvalue weighted by Gasteiger charge is 2.19. The SMILES string of the molecule is CN(/C(=N\S(=O)(=O)c1ccc(Cl)cc1)c1ccccc1)c1ccc(O)cc1. The Morgan fingerprint density at radius 3 is 2.11 bits per heavy atom. The van der Waals surface area contributed by atoms with Crippen LogP contribution in [0.25, 0.3) is 0 Å². The zero-order chi connectivity index (χ0) is 19.4. The second kappa shape index (κ2) is 7.82. The Balaban J connectivity index is 2.11. The molecule has 3 rings (SSSR count). The van der Waals surface area contributed by atoms with Gasteiger partial charge in [-0.3, -0.25) is 0 Å². The molecule has 0 heterocycles. The zero-order valence-electron chi connectivity index (χ0n) is 14.4. The molecule has 0 bridgehead atoms. The van der Waals surface area contributed by atoms with Gasteiger partial charge in [-0.05, 0) is 48.5 Å². The van der Waals surface area contributed by atoms with Gasteiger partial charge in [0.2, 0.25) is 0 Å². The van der Waals surface area contributed by atoms with Crippen LogP contribution < -0.4 is 4.90 Å². The van der Waals surface area contributed by atoms with E-state index in [0.717, 1.165) is 0 Å². The van der Waals surface area contributed by atoms with E-state index in [0.29, 0.717) is 16.3 Å². The van der Waals surface area contributed by atoms with Crippen LogP contribution in [0.2, 0.25) is 5.02 Å². The Morgan fingerprint density at radius 1 is 0.926 bits per heavy atom. The maximum Gasteiger partial charge on any atom is 0.284 e. The number of hydrogen-bond acceptors (Lipinski definition) is 3. The van der Waals surface area contributed by atoms with Crippen molar-refractivity contribution in [3.8, 4) is 5.75 Å². The maximum atomic E-state index is 12.8. The first kappa shape index (κ1) is 18.9. The van der Waals surface area contributed by atoms with Crippen molar-refractivity contribution in [1.82, 2.24) is 0 Å². The number of nitrogens with zero attached hydrogens (tertiary/aromatic N) is 2. The fourth-order valence-electron chi connectivity index (χ4n) is 2.47. The monoisotopic (exact) mass is 400 g/mol. The number of sulfonamides is 1. The highest BCUT2D eigenvalue weighted by Crippen LogP contribution is 2.22. The van der Waals surface area contributed by atoms with E-state index in [-0.39, 0.29) is 16.5 Å². The van der Waals surface area contributed by atoms with Gasteiger partial charge in [0.05, 0.1) is 4.90 Å². The molecule has 0 aliphatic carbocycles. The van der Waals surface area contributed by atoms with E-state index in [1.165, 1.54) is 36.4 Å². The van der Waals surface area contributed by atoms with Gasteiger partial charge in [-0.25, -0.2) is 0 Å². The van der Waals surface area contributed by atoms with Crippen molar-refractivity contribution in [2.24, 2.45) is 4.40 Å². The van der Waals surface area contributed by atoms with Gasteiger partial charge in [0.25, 0.3) is 10.0 Å². The van der Waals surface area contributed by atoms with E-state index < -0.39 is 10.0 Å². The summed E-state index contributed by atoms with van der Waals surface area (Å²) in [4.78, 5) is 1.71. The van der Waals surface area contributed by atoms with Gasteiger partial charge in [-0.15, -0.1) is 4.40 Å². The molecule has 0 unspecified atom stereocenters. The summed E-state index contributed by atoms with van der Waals surface area (Å²) in [5, 5.41) is 9.94. The molecular weight excluding hydrogens is 384 g/mol. The van der Waals surface area contributed by atoms with E-state index in [4.69, 9.17) is 11.6 Å². The number of anilines is 1. The van der Waals surface area contributed by atoms with Crippen LogP contribution in [0, 0.1) is 0 Å². The Labute approximate surface area is 163 Å². The number of halogens is 1. The topological polar surface area (TPSA) is 70.0 Å². The fourth-order valence-corrected chi connectivity index (χ4v) is 3.63. The van der Waals surface area contributed by atoms with Crippen LogP contribution in [-0.4, -0.2) is 26.4 Å². The minimum Gasteiger partial charge on any atom is -0.508 e. The van der Waals surface area contributed by atoms with Gasteiger partial charge in [0.1, 0.15) is 5.75 Å². The molecule has 5 nitrogen and oxygen atoms in total. The van der Waals surface area contributed by atoms with Crippen molar-refractivity contribution < 1.29 is 13.5 Å².